The monoisotopic (exact) mass is 368 g/mol. The lowest BCUT2D eigenvalue weighted by Gasteiger charge is -2.14. The Balaban J connectivity index is 1.71. The summed E-state index contributed by atoms with van der Waals surface area (Å²) in [7, 11) is 1.43. The average molecular weight is 369 g/mol. The highest BCUT2D eigenvalue weighted by molar-refractivity contribution is 7.80. The van der Waals surface area contributed by atoms with Gasteiger partial charge in [-0.05, 0) is 56.3 Å². The van der Waals surface area contributed by atoms with Gasteiger partial charge in [0, 0.05) is 18.0 Å². The standard InChI is InChI=1S/C17H24N2O3S2/c1-21-16(20)14-12-7-3-2-4-8-13(12)24-15(14)19-17(23)18-10-11-6-5-9-22-11/h11H,2-10H2,1H3,(H2,18,19,23). The molecule has 1 unspecified atom stereocenters. The van der Waals surface area contributed by atoms with Crippen LogP contribution in [0.5, 0.6) is 0 Å². The van der Waals surface area contributed by atoms with E-state index in [0.29, 0.717) is 17.2 Å². The van der Waals surface area contributed by atoms with Crippen molar-refractivity contribution < 1.29 is 14.3 Å². The largest absolute Gasteiger partial charge is 0.465 e. The molecular formula is C17H24N2O3S2. The summed E-state index contributed by atoms with van der Waals surface area (Å²) in [6.07, 6.45) is 7.88. The van der Waals surface area contributed by atoms with Crippen LogP contribution in [-0.4, -0.2) is 37.4 Å². The summed E-state index contributed by atoms with van der Waals surface area (Å²) in [4.78, 5) is 13.6. The van der Waals surface area contributed by atoms with E-state index in [-0.39, 0.29) is 12.1 Å². The maximum atomic E-state index is 12.3. The molecule has 0 aromatic carbocycles. The van der Waals surface area contributed by atoms with Crippen LogP contribution in [0, 0.1) is 0 Å². The molecule has 0 spiro atoms. The molecule has 1 fully saturated rings. The SMILES string of the molecule is COC(=O)c1c(NC(=S)NCC2CCCO2)sc2c1CCCCC2. The van der Waals surface area contributed by atoms with Crippen LogP contribution in [0.2, 0.25) is 0 Å². The van der Waals surface area contributed by atoms with Gasteiger partial charge in [-0.1, -0.05) is 6.42 Å². The molecule has 2 aliphatic rings. The normalized spacial score (nSPS) is 20.1. The van der Waals surface area contributed by atoms with Crippen LogP contribution in [0.3, 0.4) is 0 Å². The van der Waals surface area contributed by atoms with Crippen molar-refractivity contribution in [2.75, 3.05) is 25.6 Å². The summed E-state index contributed by atoms with van der Waals surface area (Å²) in [6, 6.07) is 0. The molecule has 3 rings (SSSR count). The number of rotatable bonds is 4. The van der Waals surface area contributed by atoms with Gasteiger partial charge >= 0.3 is 5.97 Å². The summed E-state index contributed by atoms with van der Waals surface area (Å²) in [5.74, 6) is -0.279. The number of methoxy groups -OCH3 is 1. The number of anilines is 1. The molecule has 1 saturated heterocycles. The molecular weight excluding hydrogens is 344 g/mol. The maximum Gasteiger partial charge on any atom is 0.341 e. The second kappa shape index (κ2) is 8.27. The summed E-state index contributed by atoms with van der Waals surface area (Å²) in [6.45, 7) is 1.53. The summed E-state index contributed by atoms with van der Waals surface area (Å²) >= 11 is 7.03. The van der Waals surface area contributed by atoms with Crippen molar-refractivity contribution in [3.8, 4) is 0 Å². The fourth-order valence-corrected chi connectivity index (χ4v) is 4.84. The topological polar surface area (TPSA) is 59.6 Å². The second-order valence-electron chi connectivity index (χ2n) is 6.23. The van der Waals surface area contributed by atoms with Gasteiger partial charge in [-0.3, -0.25) is 0 Å². The second-order valence-corrected chi connectivity index (χ2v) is 7.74. The highest BCUT2D eigenvalue weighted by Gasteiger charge is 2.26. The van der Waals surface area contributed by atoms with E-state index in [0.717, 1.165) is 49.3 Å². The van der Waals surface area contributed by atoms with E-state index in [1.165, 1.54) is 24.8 Å². The van der Waals surface area contributed by atoms with Gasteiger partial charge in [0.15, 0.2) is 5.11 Å². The van der Waals surface area contributed by atoms with Crippen LogP contribution < -0.4 is 10.6 Å². The van der Waals surface area contributed by atoms with E-state index in [9.17, 15) is 4.79 Å². The molecule has 0 radical (unpaired) electrons. The third-order valence-electron chi connectivity index (χ3n) is 4.55. The minimum atomic E-state index is -0.279. The first-order valence-electron chi connectivity index (χ1n) is 8.58. The summed E-state index contributed by atoms with van der Waals surface area (Å²) in [5, 5.41) is 7.75. The van der Waals surface area contributed by atoms with Gasteiger partial charge in [-0.2, -0.15) is 0 Å². The Hall–Kier alpha value is -1.18. The zero-order valence-electron chi connectivity index (χ0n) is 14.0. The van der Waals surface area contributed by atoms with Crippen LogP contribution in [0.4, 0.5) is 5.00 Å². The van der Waals surface area contributed by atoms with Crippen molar-refractivity contribution in [3.05, 3.63) is 16.0 Å². The maximum absolute atomic E-state index is 12.3. The molecule has 1 atom stereocenters. The Morgan fingerprint density at radius 1 is 1.33 bits per heavy atom. The Kier molecular flexibility index (Phi) is 6.08. The van der Waals surface area contributed by atoms with Crippen molar-refractivity contribution in [2.45, 2.75) is 51.0 Å². The number of nitrogens with one attached hydrogen (secondary N) is 2. The van der Waals surface area contributed by atoms with Crippen molar-refractivity contribution in [1.82, 2.24) is 5.32 Å². The van der Waals surface area contributed by atoms with Crippen molar-refractivity contribution in [1.29, 1.82) is 0 Å². The number of hydrogen-bond donors (Lipinski definition) is 2. The van der Waals surface area contributed by atoms with Crippen molar-refractivity contribution >= 4 is 39.6 Å². The Morgan fingerprint density at radius 2 is 2.17 bits per heavy atom. The average Bonchev–Trinajstić information content (AvgIpc) is 3.15. The molecule has 1 aliphatic carbocycles. The zero-order valence-corrected chi connectivity index (χ0v) is 15.6. The van der Waals surface area contributed by atoms with Crippen molar-refractivity contribution in [2.24, 2.45) is 0 Å². The van der Waals surface area contributed by atoms with Gasteiger partial charge in [0.1, 0.15) is 5.00 Å². The number of ether oxygens (including phenoxy) is 2. The number of carbonyl (C=O) groups is 1. The van der Waals surface area contributed by atoms with Gasteiger partial charge in [0.2, 0.25) is 0 Å². The number of carbonyl (C=O) groups excluding carboxylic acids is 1. The molecule has 2 N–H and O–H groups in total. The molecule has 24 heavy (non-hydrogen) atoms. The van der Waals surface area contributed by atoms with E-state index in [1.807, 2.05) is 0 Å². The smallest absolute Gasteiger partial charge is 0.341 e. The molecule has 0 bridgehead atoms. The predicted octanol–water partition coefficient (Wildman–Crippen LogP) is 3.27. The summed E-state index contributed by atoms with van der Waals surface area (Å²) < 4.78 is 10.6. The van der Waals surface area contributed by atoms with E-state index >= 15 is 0 Å². The Labute approximate surface area is 152 Å². The highest BCUT2D eigenvalue weighted by atomic mass is 32.1. The first-order chi connectivity index (χ1) is 11.7. The molecule has 1 aromatic rings. The molecule has 1 aromatic heterocycles. The van der Waals surface area contributed by atoms with Gasteiger partial charge in [-0.15, -0.1) is 11.3 Å². The first kappa shape index (κ1) is 17.6. The van der Waals surface area contributed by atoms with E-state index in [2.05, 4.69) is 10.6 Å². The number of fused-ring (bicyclic) bond motifs is 1. The van der Waals surface area contributed by atoms with Crippen molar-refractivity contribution in [3.63, 3.8) is 0 Å². The third kappa shape index (κ3) is 4.07. The molecule has 132 valence electrons. The molecule has 2 heterocycles. The molecule has 5 nitrogen and oxygen atoms in total. The van der Waals surface area contributed by atoms with E-state index in [4.69, 9.17) is 21.7 Å². The molecule has 1 aliphatic heterocycles. The van der Waals surface area contributed by atoms with Gasteiger partial charge in [0.25, 0.3) is 0 Å². The van der Waals surface area contributed by atoms with Gasteiger partial charge in [0.05, 0.1) is 18.8 Å². The van der Waals surface area contributed by atoms with Crippen LogP contribution in [-0.2, 0) is 22.3 Å². The number of hydrogen-bond acceptors (Lipinski definition) is 5. The number of thiophene rings is 1. The lowest BCUT2D eigenvalue weighted by Crippen LogP contribution is -2.35. The number of esters is 1. The predicted molar refractivity (Wildman–Crippen MR) is 100 cm³/mol. The minimum Gasteiger partial charge on any atom is -0.465 e. The minimum absolute atomic E-state index is 0.227. The quantitative estimate of drug-likeness (QED) is 0.483. The van der Waals surface area contributed by atoms with Crippen LogP contribution >= 0.6 is 23.6 Å². The van der Waals surface area contributed by atoms with Crippen LogP contribution in [0.25, 0.3) is 0 Å². The van der Waals surface area contributed by atoms with Crippen LogP contribution in [0.1, 0.15) is 52.9 Å². The number of thiocarbonyl (C=S) groups is 1. The molecule has 7 heteroatoms. The summed E-state index contributed by atoms with van der Waals surface area (Å²) in [5.41, 5.74) is 1.81. The zero-order chi connectivity index (χ0) is 16.9. The van der Waals surface area contributed by atoms with E-state index in [1.54, 1.807) is 11.3 Å². The fourth-order valence-electron chi connectivity index (χ4n) is 3.31. The Morgan fingerprint density at radius 3 is 2.92 bits per heavy atom. The lowest BCUT2D eigenvalue weighted by atomic mass is 10.1. The molecule has 0 amide bonds. The lowest BCUT2D eigenvalue weighted by molar-refractivity contribution is 0.0601. The third-order valence-corrected chi connectivity index (χ3v) is 6.01. The number of aryl methyl sites for hydroxylation is 1. The van der Waals surface area contributed by atoms with Crippen LogP contribution in [0.15, 0.2) is 0 Å². The first-order valence-corrected chi connectivity index (χ1v) is 9.81. The fraction of sp³-hybridized carbons (Fsp3) is 0.647. The van der Waals surface area contributed by atoms with E-state index < -0.39 is 0 Å². The Bertz CT molecular complexity index is 609. The highest BCUT2D eigenvalue weighted by Crippen LogP contribution is 2.37. The van der Waals surface area contributed by atoms with Gasteiger partial charge in [-0.25, -0.2) is 4.79 Å². The molecule has 0 saturated carbocycles. The van der Waals surface area contributed by atoms with Gasteiger partial charge < -0.3 is 20.1 Å².